The molecule has 0 aromatic rings. The molecule has 0 saturated heterocycles. The number of aliphatic hydroxyl groups excluding tert-OH is 1. The lowest BCUT2D eigenvalue weighted by Crippen LogP contribution is -2.29. The lowest BCUT2D eigenvalue weighted by molar-refractivity contribution is -0.137. The number of hydrogen-bond acceptors (Lipinski definition) is 5. The molecule has 0 aliphatic heterocycles. The van der Waals surface area contributed by atoms with Crippen LogP contribution < -0.4 is 0 Å². The molecular weight excluding hydrogens is 430 g/mol. The Morgan fingerprint density at radius 3 is 1.76 bits per heavy atom. The molecular formula is C28H53NO5. The number of rotatable bonds is 27. The molecule has 0 aliphatic rings. The van der Waals surface area contributed by atoms with Gasteiger partial charge in [-0.2, -0.15) is 0 Å². The summed E-state index contributed by atoms with van der Waals surface area (Å²) in [6.45, 7) is 5.67. The molecule has 0 radical (unpaired) electrons. The largest absolute Gasteiger partial charge is 0.487 e. The molecule has 0 saturated carbocycles. The highest BCUT2D eigenvalue weighted by atomic mass is 16.5. The van der Waals surface area contributed by atoms with E-state index in [1.54, 1.807) is 0 Å². The molecule has 0 rings (SSSR count). The van der Waals surface area contributed by atoms with Crippen LogP contribution >= 0.6 is 0 Å². The van der Waals surface area contributed by atoms with Crippen LogP contribution in [0, 0.1) is 0 Å². The number of nitrogens with zero attached hydrogens (tertiary/aromatic N) is 1. The Bertz CT molecular complexity index is 505. The molecule has 0 bridgehead atoms. The van der Waals surface area contributed by atoms with E-state index in [9.17, 15) is 14.7 Å². The smallest absolute Gasteiger partial charge is 0.303 e. The van der Waals surface area contributed by atoms with Crippen LogP contribution in [0.1, 0.15) is 129 Å². The van der Waals surface area contributed by atoms with Gasteiger partial charge in [0.1, 0.15) is 0 Å². The number of ether oxygens (including phenoxy) is 1. The van der Waals surface area contributed by atoms with E-state index in [0.717, 1.165) is 70.9 Å². The molecule has 2 N–H and O–H groups in total. The van der Waals surface area contributed by atoms with Crippen LogP contribution in [-0.4, -0.2) is 59.9 Å². The zero-order valence-corrected chi connectivity index (χ0v) is 22.0. The Labute approximate surface area is 209 Å². The number of unbranched alkanes of at least 4 members (excludes halogenated alkanes) is 14. The van der Waals surface area contributed by atoms with Crippen LogP contribution in [0.4, 0.5) is 0 Å². The number of carboxylic acids is 1. The van der Waals surface area contributed by atoms with E-state index >= 15 is 0 Å². The zero-order valence-electron chi connectivity index (χ0n) is 22.0. The fraction of sp³-hybridized carbons (Fsp3) is 0.893. The van der Waals surface area contributed by atoms with Gasteiger partial charge in [0.15, 0.2) is 11.7 Å². The first kappa shape index (κ1) is 32.6. The first-order valence-corrected chi connectivity index (χ1v) is 14.1. The van der Waals surface area contributed by atoms with Crippen molar-refractivity contribution in [3.63, 3.8) is 0 Å². The van der Waals surface area contributed by atoms with E-state index in [4.69, 9.17) is 9.84 Å². The van der Waals surface area contributed by atoms with Crippen molar-refractivity contribution in [3.8, 4) is 0 Å². The van der Waals surface area contributed by atoms with E-state index < -0.39 is 5.97 Å². The quantitative estimate of drug-likeness (QED) is 0.0784. The molecule has 6 nitrogen and oxygen atoms in total. The van der Waals surface area contributed by atoms with Gasteiger partial charge in [-0.3, -0.25) is 4.79 Å². The maximum absolute atomic E-state index is 11.1. The molecule has 34 heavy (non-hydrogen) atoms. The molecule has 0 aromatic carbocycles. The third-order valence-electron chi connectivity index (χ3n) is 6.30. The van der Waals surface area contributed by atoms with Gasteiger partial charge in [0, 0.05) is 19.4 Å². The standard InChI is InChI=1S/C28H53NO5/c1-2-3-4-5-6-7-8-12-18-25-34-27(26-31)19-14-13-17-22-29(23-24-30)21-16-11-9-10-15-20-28(32)33/h30H,2-25H2,1H3,(H,32,33). The van der Waals surface area contributed by atoms with Crippen molar-refractivity contribution in [3.05, 3.63) is 5.76 Å². The second-order valence-corrected chi connectivity index (χ2v) is 9.49. The first-order chi connectivity index (χ1) is 16.6. The van der Waals surface area contributed by atoms with Crippen LogP contribution in [0.2, 0.25) is 0 Å². The van der Waals surface area contributed by atoms with Gasteiger partial charge in [0.05, 0.1) is 13.2 Å². The minimum Gasteiger partial charge on any atom is -0.487 e. The van der Waals surface area contributed by atoms with E-state index in [2.05, 4.69) is 11.8 Å². The predicted octanol–water partition coefficient (Wildman–Crippen LogP) is 6.53. The van der Waals surface area contributed by atoms with Gasteiger partial charge < -0.3 is 19.8 Å². The summed E-state index contributed by atoms with van der Waals surface area (Å²) in [5.41, 5.74) is 0. The molecule has 0 unspecified atom stereocenters. The Hall–Kier alpha value is -1.36. The van der Waals surface area contributed by atoms with Crippen LogP contribution in [0.3, 0.4) is 0 Å². The summed E-state index contributed by atoms with van der Waals surface area (Å²) in [4.78, 5) is 24.0. The lowest BCUT2D eigenvalue weighted by Gasteiger charge is -2.21. The lowest BCUT2D eigenvalue weighted by atomic mass is 10.1. The topological polar surface area (TPSA) is 87.1 Å². The normalized spacial score (nSPS) is 11.0. The van der Waals surface area contributed by atoms with Gasteiger partial charge in [-0.05, 0) is 45.2 Å². The molecule has 0 atom stereocenters. The summed E-state index contributed by atoms with van der Waals surface area (Å²) in [5.74, 6) is 1.73. The van der Waals surface area contributed by atoms with E-state index in [1.807, 2.05) is 5.94 Å². The first-order valence-electron chi connectivity index (χ1n) is 14.1. The van der Waals surface area contributed by atoms with Crippen molar-refractivity contribution in [2.24, 2.45) is 0 Å². The molecule has 0 aliphatic carbocycles. The van der Waals surface area contributed by atoms with Gasteiger partial charge >= 0.3 is 5.97 Å². The number of carbonyl (C=O) groups is 1. The number of carboxylic acid groups (broad SMARTS) is 1. The summed E-state index contributed by atoms with van der Waals surface area (Å²) >= 11 is 0. The van der Waals surface area contributed by atoms with Crippen LogP contribution in [0.15, 0.2) is 5.76 Å². The molecule has 0 aromatic heterocycles. The molecule has 6 heteroatoms. The van der Waals surface area contributed by atoms with E-state index in [1.165, 1.54) is 51.4 Å². The van der Waals surface area contributed by atoms with Crippen molar-refractivity contribution in [2.75, 3.05) is 32.8 Å². The van der Waals surface area contributed by atoms with Crippen molar-refractivity contribution >= 4 is 11.9 Å². The van der Waals surface area contributed by atoms with Gasteiger partial charge in [-0.25, -0.2) is 4.79 Å². The maximum Gasteiger partial charge on any atom is 0.303 e. The van der Waals surface area contributed by atoms with E-state index in [-0.39, 0.29) is 13.0 Å². The SMILES string of the molecule is CCCCCCCCCCCOC(=C=O)CCCCCN(CCO)CCCCCCCC(=O)O. The van der Waals surface area contributed by atoms with E-state index in [0.29, 0.717) is 25.3 Å². The fourth-order valence-corrected chi connectivity index (χ4v) is 4.18. The Kier molecular flexibility index (Phi) is 25.2. The van der Waals surface area contributed by atoms with Crippen molar-refractivity contribution in [2.45, 2.75) is 129 Å². The number of aliphatic hydroxyl groups is 1. The highest BCUT2D eigenvalue weighted by Crippen LogP contribution is 2.13. The summed E-state index contributed by atoms with van der Waals surface area (Å²) in [6, 6.07) is 0. The average Bonchev–Trinajstić information content (AvgIpc) is 2.82. The Morgan fingerprint density at radius 2 is 1.21 bits per heavy atom. The Morgan fingerprint density at radius 1 is 0.706 bits per heavy atom. The number of aliphatic carboxylic acids is 1. The number of hydrogen-bond donors (Lipinski definition) is 2. The van der Waals surface area contributed by atoms with Gasteiger partial charge in [0.2, 0.25) is 0 Å². The maximum atomic E-state index is 11.1. The molecule has 0 heterocycles. The average molecular weight is 484 g/mol. The molecule has 0 spiro atoms. The second-order valence-electron chi connectivity index (χ2n) is 9.49. The minimum atomic E-state index is -0.713. The fourth-order valence-electron chi connectivity index (χ4n) is 4.18. The Balaban J connectivity index is 3.68. The third-order valence-corrected chi connectivity index (χ3v) is 6.30. The van der Waals surface area contributed by atoms with Gasteiger partial charge in [0.25, 0.3) is 0 Å². The summed E-state index contributed by atoms with van der Waals surface area (Å²) < 4.78 is 5.64. The summed E-state index contributed by atoms with van der Waals surface area (Å²) in [5, 5.41) is 18.0. The van der Waals surface area contributed by atoms with Crippen molar-refractivity contribution < 1.29 is 24.5 Å². The highest BCUT2D eigenvalue weighted by Gasteiger charge is 2.06. The molecule has 0 fully saturated rings. The molecule has 200 valence electrons. The van der Waals surface area contributed by atoms with Crippen molar-refractivity contribution in [1.82, 2.24) is 4.90 Å². The molecule has 0 amide bonds. The monoisotopic (exact) mass is 483 g/mol. The van der Waals surface area contributed by atoms with Crippen molar-refractivity contribution in [1.29, 1.82) is 0 Å². The van der Waals surface area contributed by atoms with Crippen LogP contribution in [0.5, 0.6) is 0 Å². The highest BCUT2D eigenvalue weighted by molar-refractivity contribution is 5.66. The predicted molar refractivity (Wildman–Crippen MR) is 140 cm³/mol. The third kappa shape index (κ3) is 23.8. The zero-order chi connectivity index (χ0) is 25.1. The van der Waals surface area contributed by atoms with Crippen LogP contribution in [-0.2, 0) is 14.3 Å². The van der Waals surface area contributed by atoms with Gasteiger partial charge in [-0.1, -0.05) is 84.0 Å². The number of allylic oxidation sites excluding steroid dienone is 1. The number of carbonyl (C=O) groups excluding carboxylic acids is 1. The second kappa shape index (κ2) is 26.2. The summed E-state index contributed by atoms with van der Waals surface area (Å²) in [7, 11) is 0. The minimum absolute atomic E-state index is 0.170. The summed E-state index contributed by atoms with van der Waals surface area (Å²) in [6.07, 6.45) is 20.4. The van der Waals surface area contributed by atoms with Crippen LogP contribution in [0.25, 0.3) is 0 Å². The van der Waals surface area contributed by atoms with Gasteiger partial charge in [-0.15, -0.1) is 0 Å².